The minimum absolute atomic E-state index is 0.194. The van der Waals surface area contributed by atoms with Crippen LogP contribution in [0.4, 0.5) is 4.79 Å². The number of ether oxygens (including phenoxy) is 1. The molecule has 0 saturated carbocycles. The number of aromatic nitrogens is 2. The first-order valence-corrected chi connectivity index (χ1v) is 11.3. The molecule has 1 aliphatic rings. The van der Waals surface area contributed by atoms with E-state index in [1.165, 1.54) is 0 Å². The Hall–Kier alpha value is -3.38. The third-order valence-electron chi connectivity index (χ3n) is 5.40. The molecule has 3 amide bonds. The van der Waals surface area contributed by atoms with Crippen molar-refractivity contribution in [2.24, 2.45) is 5.92 Å². The highest BCUT2D eigenvalue weighted by Gasteiger charge is 2.27. The van der Waals surface area contributed by atoms with Gasteiger partial charge in [-0.2, -0.15) is 5.26 Å². The van der Waals surface area contributed by atoms with Crippen LogP contribution in [-0.2, 0) is 22.5 Å². The molecule has 1 saturated heterocycles. The lowest BCUT2D eigenvalue weighted by Gasteiger charge is -2.29. The Kier molecular flexibility index (Phi) is 8.84. The molecule has 1 fully saturated rings. The predicted molar refractivity (Wildman–Crippen MR) is 123 cm³/mol. The average Bonchev–Trinajstić information content (AvgIpc) is 3.25. The van der Waals surface area contributed by atoms with Gasteiger partial charge in [0.15, 0.2) is 0 Å². The molecule has 9 nitrogen and oxygen atoms in total. The number of urea groups is 1. The summed E-state index contributed by atoms with van der Waals surface area (Å²) < 4.78 is 7.23. The molecule has 0 aliphatic carbocycles. The van der Waals surface area contributed by atoms with Gasteiger partial charge in [0.2, 0.25) is 5.91 Å². The summed E-state index contributed by atoms with van der Waals surface area (Å²) in [5, 5.41) is 15.2. The van der Waals surface area contributed by atoms with Crippen LogP contribution in [0, 0.1) is 17.2 Å². The van der Waals surface area contributed by atoms with Gasteiger partial charge in [0, 0.05) is 32.3 Å². The van der Waals surface area contributed by atoms with Crippen molar-refractivity contribution in [1.29, 1.82) is 5.26 Å². The van der Waals surface area contributed by atoms with Gasteiger partial charge in [0.1, 0.15) is 12.1 Å². The molecule has 9 heteroatoms. The fraction of sp³-hybridized carbons (Fsp3) is 0.500. The smallest absolute Gasteiger partial charge is 0.318 e. The standard InChI is InChI=1S/C24H32N6O3/c1-18(2)12-22(28-24(32)30-8-10-33-11-9-30)23(31)27-20(14-25)13-21-16-29(17-26-21)15-19-6-4-3-5-7-19/h3-7,16-18,20,22H,8-13,15H2,1-2H3,(H,27,31)(H,28,32)/t20-,22-/m0/s1. The first-order valence-electron chi connectivity index (χ1n) is 11.3. The molecule has 2 heterocycles. The van der Waals surface area contributed by atoms with E-state index < -0.39 is 12.1 Å². The van der Waals surface area contributed by atoms with Crippen molar-refractivity contribution in [3.8, 4) is 6.07 Å². The second kappa shape index (κ2) is 12.0. The molecule has 2 atom stereocenters. The number of benzene rings is 1. The number of carbonyl (C=O) groups is 2. The zero-order valence-electron chi connectivity index (χ0n) is 19.2. The third kappa shape index (κ3) is 7.61. The maximum Gasteiger partial charge on any atom is 0.318 e. The zero-order chi connectivity index (χ0) is 23.6. The van der Waals surface area contributed by atoms with Gasteiger partial charge in [-0.1, -0.05) is 44.2 Å². The quantitative estimate of drug-likeness (QED) is 0.604. The lowest BCUT2D eigenvalue weighted by atomic mass is 10.0. The fourth-order valence-electron chi connectivity index (χ4n) is 3.71. The molecule has 2 aromatic rings. The van der Waals surface area contributed by atoms with Crippen molar-refractivity contribution in [2.45, 2.75) is 45.3 Å². The van der Waals surface area contributed by atoms with Crippen LogP contribution in [0.25, 0.3) is 0 Å². The van der Waals surface area contributed by atoms with Gasteiger partial charge < -0.3 is 24.8 Å². The van der Waals surface area contributed by atoms with Crippen molar-refractivity contribution in [1.82, 2.24) is 25.1 Å². The second-order valence-corrected chi connectivity index (χ2v) is 8.65. The monoisotopic (exact) mass is 452 g/mol. The molecule has 3 rings (SSSR count). The van der Waals surface area contributed by atoms with E-state index >= 15 is 0 Å². The maximum atomic E-state index is 13.0. The number of nitriles is 1. The highest BCUT2D eigenvalue weighted by molar-refractivity contribution is 5.87. The van der Waals surface area contributed by atoms with Crippen LogP contribution in [-0.4, -0.2) is 64.8 Å². The summed E-state index contributed by atoms with van der Waals surface area (Å²) in [6, 6.07) is 10.4. The number of hydrogen-bond donors (Lipinski definition) is 2. The Bertz CT molecular complexity index is 947. The average molecular weight is 453 g/mol. The molecule has 176 valence electrons. The number of nitrogens with zero attached hydrogens (tertiary/aromatic N) is 4. The van der Waals surface area contributed by atoms with Crippen molar-refractivity contribution in [3.05, 3.63) is 54.1 Å². The van der Waals surface area contributed by atoms with E-state index in [1.807, 2.05) is 54.9 Å². The summed E-state index contributed by atoms with van der Waals surface area (Å²) in [6.45, 7) is 6.62. The van der Waals surface area contributed by atoms with Crippen LogP contribution < -0.4 is 10.6 Å². The van der Waals surface area contributed by atoms with Gasteiger partial charge in [-0.3, -0.25) is 4.79 Å². The first-order chi connectivity index (χ1) is 15.9. The van der Waals surface area contributed by atoms with Crippen molar-refractivity contribution in [2.75, 3.05) is 26.3 Å². The SMILES string of the molecule is CC(C)C[C@H](NC(=O)N1CCOCC1)C(=O)N[C@H](C#N)Cc1cn(Cc2ccccc2)cn1. The molecule has 0 radical (unpaired) electrons. The Labute approximate surface area is 194 Å². The molecule has 0 spiro atoms. The van der Waals surface area contributed by atoms with E-state index in [0.717, 1.165) is 11.3 Å². The van der Waals surface area contributed by atoms with E-state index in [9.17, 15) is 14.9 Å². The minimum atomic E-state index is -0.743. The van der Waals surface area contributed by atoms with E-state index in [2.05, 4.69) is 21.7 Å². The lowest BCUT2D eigenvalue weighted by molar-refractivity contribution is -0.123. The third-order valence-corrected chi connectivity index (χ3v) is 5.40. The van der Waals surface area contributed by atoms with E-state index in [0.29, 0.717) is 39.3 Å². The largest absolute Gasteiger partial charge is 0.378 e. The molecule has 1 aliphatic heterocycles. The Morgan fingerprint density at radius 3 is 2.58 bits per heavy atom. The molecular formula is C24H32N6O3. The lowest BCUT2D eigenvalue weighted by Crippen LogP contribution is -2.55. The first kappa shape index (κ1) is 24.3. The highest BCUT2D eigenvalue weighted by atomic mass is 16.5. The second-order valence-electron chi connectivity index (χ2n) is 8.65. The fourth-order valence-corrected chi connectivity index (χ4v) is 3.71. The van der Waals surface area contributed by atoms with Gasteiger partial charge in [0.05, 0.1) is 31.3 Å². The summed E-state index contributed by atoms with van der Waals surface area (Å²) in [5.74, 6) is -0.166. The van der Waals surface area contributed by atoms with Crippen LogP contribution in [0.3, 0.4) is 0 Å². The summed E-state index contributed by atoms with van der Waals surface area (Å²) >= 11 is 0. The van der Waals surface area contributed by atoms with Gasteiger partial charge in [-0.25, -0.2) is 9.78 Å². The van der Waals surface area contributed by atoms with Crippen molar-refractivity contribution in [3.63, 3.8) is 0 Å². The van der Waals surface area contributed by atoms with Crippen molar-refractivity contribution < 1.29 is 14.3 Å². The van der Waals surface area contributed by atoms with Gasteiger partial charge in [-0.05, 0) is 17.9 Å². The molecular weight excluding hydrogens is 420 g/mol. The van der Waals surface area contributed by atoms with Gasteiger partial charge >= 0.3 is 6.03 Å². The Morgan fingerprint density at radius 2 is 1.91 bits per heavy atom. The summed E-state index contributed by atoms with van der Waals surface area (Å²) in [7, 11) is 0. The number of morpholine rings is 1. The van der Waals surface area contributed by atoms with Gasteiger partial charge in [0.25, 0.3) is 0 Å². The number of nitrogens with one attached hydrogen (secondary N) is 2. The summed E-state index contributed by atoms with van der Waals surface area (Å²) in [4.78, 5) is 31.6. The van der Waals surface area contributed by atoms with E-state index in [-0.39, 0.29) is 24.3 Å². The Morgan fingerprint density at radius 1 is 1.18 bits per heavy atom. The van der Waals surface area contributed by atoms with E-state index in [1.54, 1.807) is 11.2 Å². The van der Waals surface area contributed by atoms with Crippen LogP contribution in [0.5, 0.6) is 0 Å². The van der Waals surface area contributed by atoms with Crippen LogP contribution in [0.1, 0.15) is 31.5 Å². The van der Waals surface area contributed by atoms with Crippen LogP contribution >= 0.6 is 0 Å². The number of hydrogen-bond acceptors (Lipinski definition) is 5. The molecule has 33 heavy (non-hydrogen) atoms. The zero-order valence-corrected chi connectivity index (χ0v) is 19.2. The molecule has 2 N–H and O–H groups in total. The Balaban J connectivity index is 1.58. The number of carbonyl (C=O) groups excluding carboxylic acids is 2. The van der Waals surface area contributed by atoms with Crippen molar-refractivity contribution >= 4 is 11.9 Å². The van der Waals surface area contributed by atoms with E-state index in [4.69, 9.17) is 4.74 Å². The molecule has 0 unspecified atom stereocenters. The topological polar surface area (TPSA) is 112 Å². The number of rotatable bonds is 9. The highest BCUT2D eigenvalue weighted by Crippen LogP contribution is 2.09. The van der Waals surface area contributed by atoms with Crippen LogP contribution in [0.15, 0.2) is 42.9 Å². The maximum absolute atomic E-state index is 13.0. The number of imidazole rings is 1. The predicted octanol–water partition coefficient (Wildman–Crippen LogP) is 1.94. The summed E-state index contributed by atoms with van der Waals surface area (Å²) in [5.41, 5.74) is 1.87. The molecule has 1 aromatic heterocycles. The molecule has 1 aromatic carbocycles. The normalized spacial score (nSPS) is 15.5. The molecule has 0 bridgehead atoms. The summed E-state index contributed by atoms with van der Waals surface area (Å²) in [6.07, 6.45) is 4.37. The van der Waals surface area contributed by atoms with Crippen LogP contribution in [0.2, 0.25) is 0 Å². The number of amides is 3. The minimum Gasteiger partial charge on any atom is -0.378 e. The van der Waals surface area contributed by atoms with Gasteiger partial charge in [-0.15, -0.1) is 0 Å².